The van der Waals surface area contributed by atoms with Gasteiger partial charge in [-0.2, -0.15) is 14.3 Å². The Labute approximate surface area is 274 Å². The number of anilines is 2. The molecule has 244 valence electrons. The summed E-state index contributed by atoms with van der Waals surface area (Å²) < 4.78 is 31.0. The maximum absolute atomic E-state index is 13.6. The lowest BCUT2D eigenvalue weighted by molar-refractivity contribution is 0.277. The molecule has 0 bridgehead atoms. The molecule has 44 heavy (non-hydrogen) atoms. The number of hydrogen-bond acceptors (Lipinski definition) is 8. The molecule has 13 heteroatoms. The van der Waals surface area contributed by atoms with Gasteiger partial charge in [0.05, 0.1) is 11.2 Å². The van der Waals surface area contributed by atoms with E-state index in [9.17, 15) is 8.42 Å². The van der Waals surface area contributed by atoms with Crippen LogP contribution in [0.1, 0.15) is 96.6 Å². The molecule has 3 fully saturated rings. The van der Waals surface area contributed by atoms with E-state index in [-0.39, 0.29) is 48.4 Å². The van der Waals surface area contributed by atoms with Gasteiger partial charge in [0.25, 0.3) is 0 Å². The van der Waals surface area contributed by atoms with Gasteiger partial charge in [-0.05, 0) is 74.5 Å². The molecular weight excluding hydrogens is 619 g/mol. The van der Waals surface area contributed by atoms with Crippen molar-refractivity contribution in [2.75, 3.05) is 23.7 Å². The van der Waals surface area contributed by atoms with E-state index in [1.807, 2.05) is 18.5 Å². The maximum Gasteiger partial charge on any atom is 0.243 e. The van der Waals surface area contributed by atoms with Crippen molar-refractivity contribution in [3.05, 3.63) is 36.2 Å². The smallest absolute Gasteiger partial charge is 0.243 e. The third kappa shape index (κ3) is 6.82. The van der Waals surface area contributed by atoms with Crippen LogP contribution in [0.5, 0.6) is 0 Å². The second-order valence-corrected chi connectivity index (χ2v) is 15.5. The van der Waals surface area contributed by atoms with Gasteiger partial charge in [0, 0.05) is 37.3 Å². The number of halogens is 2. The highest BCUT2D eigenvalue weighted by Gasteiger charge is 2.37. The summed E-state index contributed by atoms with van der Waals surface area (Å²) in [5.41, 5.74) is 15.4. The van der Waals surface area contributed by atoms with Crippen LogP contribution < -0.4 is 16.4 Å². The highest BCUT2D eigenvalue weighted by Crippen LogP contribution is 2.36. The van der Waals surface area contributed by atoms with Crippen LogP contribution in [0.15, 0.2) is 35.5 Å². The summed E-state index contributed by atoms with van der Waals surface area (Å²) >= 11 is 0. The van der Waals surface area contributed by atoms with Gasteiger partial charge in [0.15, 0.2) is 11.5 Å². The van der Waals surface area contributed by atoms with Gasteiger partial charge in [0.1, 0.15) is 5.52 Å². The van der Waals surface area contributed by atoms with Gasteiger partial charge >= 0.3 is 0 Å². The van der Waals surface area contributed by atoms with Crippen LogP contribution in [-0.4, -0.2) is 63.5 Å². The van der Waals surface area contributed by atoms with Crippen LogP contribution in [-0.2, 0) is 15.4 Å². The van der Waals surface area contributed by atoms with E-state index in [1.54, 1.807) is 16.4 Å². The predicted molar refractivity (Wildman–Crippen MR) is 181 cm³/mol. The molecule has 10 nitrogen and oxygen atoms in total. The predicted octanol–water partition coefficient (Wildman–Crippen LogP) is 5.59. The molecule has 3 aliphatic rings. The second-order valence-electron chi connectivity index (χ2n) is 13.6. The molecule has 3 aromatic rings. The average molecular weight is 668 g/mol. The van der Waals surface area contributed by atoms with Crippen molar-refractivity contribution in [2.45, 2.75) is 119 Å². The topological polar surface area (TPSA) is 136 Å². The Morgan fingerprint density at radius 2 is 1.45 bits per heavy atom. The van der Waals surface area contributed by atoms with E-state index < -0.39 is 10.0 Å². The molecule has 1 aliphatic heterocycles. The highest BCUT2D eigenvalue weighted by atomic mass is 35.5. The number of rotatable bonds is 6. The number of benzene rings is 1. The minimum absolute atomic E-state index is 0. The molecular formula is C31H48Cl2N8O2S. The van der Waals surface area contributed by atoms with Crippen LogP contribution in [0.2, 0.25) is 0 Å². The first kappa shape index (κ1) is 34.7. The molecule has 2 aromatic heterocycles. The fourth-order valence-electron chi connectivity index (χ4n) is 7.13. The Balaban J connectivity index is 0.00000221. The Hall–Kier alpha value is -2.18. The van der Waals surface area contributed by atoms with E-state index in [1.165, 1.54) is 12.8 Å². The number of imidazole rings is 1. The standard InChI is InChI=1S/C31H46N8O2S.2ClH/c1-31(2,3)21-8-14-26(15-9-21)42(40,41)37-18-16-25(17-19-37)39(24-12-10-22(32)11-13-24)30-35-28(33)27-29(36-30)38(20-34-27)23-6-4-5-7-23;;/h8-9,14-15,20,22-25H,4-7,10-13,16-19,32H2,1-3H3,(H2,33,35,36);2*1H. The first-order valence-corrected chi connectivity index (χ1v) is 17.1. The fourth-order valence-corrected chi connectivity index (χ4v) is 8.60. The third-order valence-electron chi connectivity index (χ3n) is 9.70. The number of nitrogen functional groups attached to an aromatic ring is 1. The number of fused-ring (bicyclic) bond motifs is 1. The minimum Gasteiger partial charge on any atom is -0.382 e. The molecule has 2 saturated carbocycles. The Morgan fingerprint density at radius 1 is 0.864 bits per heavy atom. The van der Waals surface area contributed by atoms with Crippen molar-refractivity contribution < 1.29 is 8.42 Å². The Bertz CT molecular complexity index is 1500. The lowest BCUT2D eigenvalue weighted by atomic mass is 9.87. The summed E-state index contributed by atoms with van der Waals surface area (Å²) in [6, 6.07) is 8.33. The summed E-state index contributed by atoms with van der Waals surface area (Å²) in [5.74, 6) is 1.04. The molecule has 1 saturated heterocycles. The van der Waals surface area contributed by atoms with Crippen LogP contribution >= 0.6 is 24.8 Å². The first-order chi connectivity index (χ1) is 20.0. The van der Waals surface area contributed by atoms with Crippen LogP contribution in [0.4, 0.5) is 11.8 Å². The molecule has 6 rings (SSSR count). The summed E-state index contributed by atoms with van der Waals surface area (Å²) in [6.07, 6.45) is 11.8. The number of hydrogen-bond donors (Lipinski definition) is 2. The van der Waals surface area contributed by atoms with Crippen LogP contribution in [0.3, 0.4) is 0 Å². The van der Waals surface area contributed by atoms with E-state index in [2.05, 4.69) is 35.2 Å². The maximum atomic E-state index is 13.6. The van der Waals surface area contributed by atoms with Crippen molar-refractivity contribution in [2.24, 2.45) is 5.73 Å². The van der Waals surface area contributed by atoms with Gasteiger partial charge in [-0.25, -0.2) is 13.4 Å². The SMILES string of the molecule is CC(C)(C)c1ccc(S(=O)(=O)N2CCC(N(c3nc(N)c4ncn(C5CCCC5)c4n3)C3CCC(N)CC3)CC2)cc1.Cl.Cl. The van der Waals surface area contributed by atoms with Crippen LogP contribution in [0.25, 0.3) is 11.2 Å². The average Bonchev–Trinajstić information content (AvgIpc) is 3.65. The molecule has 3 heterocycles. The van der Waals surface area contributed by atoms with Crippen molar-refractivity contribution >= 4 is 57.8 Å². The van der Waals surface area contributed by atoms with Gasteiger partial charge in [-0.1, -0.05) is 45.7 Å². The highest BCUT2D eigenvalue weighted by molar-refractivity contribution is 7.89. The summed E-state index contributed by atoms with van der Waals surface area (Å²) in [7, 11) is -3.58. The summed E-state index contributed by atoms with van der Waals surface area (Å²) in [5, 5.41) is 0. The number of sulfonamides is 1. The van der Waals surface area contributed by atoms with E-state index in [4.69, 9.17) is 21.4 Å². The summed E-state index contributed by atoms with van der Waals surface area (Å²) in [6.45, 7) is 7.29. The molecule has 0 atom stereocenters. The monoisotopic (exact) mass is 666 g/mol. The number of nitrogens with two attached hydrogens (primary N) is 2. The molecule has 4 N–H and O–H groups in total. The van der Waals surface area contributed by atoms with Crippen molar-refractivity contribution in [3.8, 4) is 0 Å². The van der Waals surface area contributed by atoms with E-state index >= 15 is 0 Å². The number of nitrogens with zero attached hydrogens (tertiary/aromatic N) is 6. The minimum atomic E-state index is -3.58. The molecule has 0 spiro atoms. The van der Waals surface area contributed by atoms with Gasteiger partial charge < -0.3 is 20.9 Å². The summed E-state index contributed by atoms with van der Waals surface area (Å²) in [4.78, 5) is 17.2. The lowest BCUT2D eigenvalue weighted by Crippen LogP contribution is -2.52. The van der Waals surface area contributed by atoms with Gasteiger partial charge in [-0.15, -0.1) is 24.8 Å². The zero-order valence-corrected chi connectivity index (χ0v) is 28.5. The zero-order valence-electron chi connectivity index (χ0n) is 26.1. The van der Waals surface area contributed by atoms with Crippen molar-refractivity contribution in [1.82, 2.24) is 23.8 Å². The first-order valence-electron chi connectivity index (χ1n) is 15.7. The van der Waals surface area contributed by atoms with Crippen molar-refractivity contribution in [3.63, 3.8) is 0 Å². The van der Waals surface area contributed by atoms with Gasteiger partial charge in [0.2, 0.25) is 16.0 Å². The van der Waals surface area contributed by atoms with Crippen molar-refractivity contribution in [1.29, 1.82) is 0 Å². The molecule has 0 unspecified atom stereocenters. The lowest BCUT2D eigenvalue weighted by Gasteiger charge is -2.44. The quantitative estimate of drug-likeness (QED) is 0.347. The second kappa shape index (κ2) is 13.7. The molecule has 0 radical (unpaired) electrons. The van der Waals surface area contributed by atoms with Gasteiger partial charge in [-0.3, -0.25) is 0 Å². The third-order valence-corrected chi connectivity index (χ3v) is 11.6. The molecule has 2 aliphatic carbocycles. The van der Waals surface area contributed by atoms with Crippen LogP contribution in [0, 0.1) is 0 Å². The number of piperidine rings is 1. The normalized spacial score (nSPS) is 22.5. The number of aromatic nitrogens is 4. The van der Waals surface area contributed by atoms with E-state index in [0.717, 1.165) is 49.7 Å². The zero-order chi connectivity index (χ0) is 29.6. The Morgan fingerprint density at radius 3 is 2.05 bits per heavy atom. The molecule has 1 aromatic carbocycles. The van der Waals surface area contributed by atoms with E-state index in [0.29, 0.717) is 54.2 Å². The largest absolute Gasteiger partial charge is 0.382 e. The Kier molecular flexibility index (Phi) is 10.8. The fraction of sp³-hybridized carbons (Fsp3) is 0.645. The molecule has 0 amide bonds.